The lowest BCUT2D eigenvalue weighted by atomic mass is 9.83. The standard InChI is InChI=1S/C17H26O6/c1-12(19)23-15(10-16(2,21)11-18)17(3,22)14(20)9-13-7-5-4-6-8-13/h4-8,14-15,18,20-22H,9-11H2,1-3H3. The predicted molar refractivity (Wildman–Crippen MR) is 84.7 cm³/mol. The lowest BCUT2D eigenvalue weighted by molar-refractivity contribution is -0.187. The first-order valence-corrected chi connectivity index (χ1v) is 7.53. The maximum Gasteiger partial charge on any atom is 0.303 e. The summed E-state index contributed by atoms with van der Waals surface area (Å²) in [7, 11) is 0. The van der Waals surface area contributed by atoms with E-state index in [1.165, 1.54) is 20.8 Å². The molecule has 6 heteroatoms. The Bertz CT molecular complexity index is 497. The van der Waals surface area contributed by atoms with Crippen molar-refractivity contribution in [2.75, 3.05) is 6.61 Å². The zero-order chi connectivity index (χ0) is 17.7. The molecule has 0 aliphatic rings. The topological polar surface area (TPSA) is 107 Å². The lowest BCUT2D eigenvalue weighted by Gasteiger charge is -2.39. The third-order valence-corrected chi connectivity index (χ3v) is 3.87. The van der Waals surface area contributed by atoms with Crippen LogP contribution in [0.1, 0.15) is 32.8 Å². The number of benzene rings is 1. The molecule has 0 radical (unpaired) electrons. The molecule has 0 amide bonds. The first-order valence-electron chi connectivity index (χ1n) is 7.53. The van der Waals surface area contributed by atoms with E-state index in [0.29, 0.717) is 0 Å². The predicted octanol–water partition coefficient (Wildman–Crippen LogP) is 0.406. The molecule has 6 nitrogen and oxygen atoms in total. The van der Waals surface area contributed by atoms with Crippen molar-refractivity contribution < 1.29 is 30.0 Å². The molecule has 0 aliphatic heterocycles. The molecule has 0 fully saturated rings. The summed E-state index contributed by atoms with van der Waals surface area (Å²) in [5.41, 5.74) is -2.52. The van der Waals surface area contributed by atoms with E-state index in [4.69, 9.17) is 4.74 Å². The van der Waals surface area contributed by atoms with Crippen molar-refractivity contribution in [3.63, 3.8) is 0 Å². The summed E-state index contributed by atoms with van der Waals surface area (Å²) in [6.07, 6.45) is -2.43. The van der Waals surface area contributed by atoms with Crippen LogP contribution in [0.2, 0.25) is 0 Å². The van der Waals surface area contributed by atoms with Crippen LogP contribution in [0.15, 0.2) is 30.3 Å². The second-order valence-corrected chi connectivity index (χ2v) is 6.39. The van der Waals surface area contributed by atoms with E-state index in [2.05, 4.69) is 0 Å². The van der Waals surface area contributed by atoms with E-state index in [-0.39, 0.29) is 12.8 Å². The van der Waals surface area contributed by atoms with Crippen LogP contribution in [0, 0.1) is 0 Å². The Morgan fingerprint density at radius 2 is 1.78 bits per heavy atom. The van der Waals surface area contributed by atoms with E-state index in [1.54, 1.807) is 0 Å². The number of aliphatic hydroxyl groups excluding tert-OH is 2. The molecule has 0 saturated carbocycles. The Hall–Kier alpha value is -1.47. The van der Waals surface area contributed by atoms with Gasteiger partial charge in [-0.05, 0) is 19.4 Å². The number of hydrogen-bond acceptors (Lipinski definition) is 6. The number of ether oxygens (including phenoxy) is 1. The SMILES string of the molecule is CC(=O)OC(CC(C)(O)CO)C(C)(O)C(O)Cc1ccccc1. The Balaban J connectivity index is 2.93. The van der Waals surface area contributed by atoms with Gasteiger partial charge in [0.15, 0.2) is 0 Å². The van der Waals surface area contributed by atoms with Gasteiger partial charge in [-0.2, -0.15) is 0 Å². The highest BCUT2D eigenvalue weighted by Crippen LogP contribution is 2.28. The number of esters is 1. The fourth-order valence-corrected chi connectivity index (χ4v) is 2.29. The highest BCUT2D eigenvalue weighted by Gasteiger charge is 2.44. The molecule has 4 unspecified atom stereocenters. The van der Waals surface area contributed by atoms with Crippen LogP contribution in [0.4, 0.5) is 0 Å². The first-order chi connectivity index (χ1) is 10.6. The summed E-state index contributed by atoms with van der Waals surface area (Å²) >= 11 is 0. The Kier molecular flexibility index (Phi) is 6.70. The summed E-state index contributed by atoms with van der Waals surface area (Å²) in [4.78, 5) is 11.3. The van der Waals surface area contributed by atoms with E-state index in [9.17, 15) is 25.2 Å². The summed E-state index contributed by atoms with van der Waals surface area (Å²) < 4.78 is 5.09. The molecule has 0 spiro atoms. The van der Waals surface area contributed by atoms with Gasteiger partial charge in [0.25, 0.3) is 0 Å². The van der Waals surface area contributed by atoms with Crippen molar-refractivity contribution >= 4 is 5.97 Å². The molecule has 0 saturated heterocycles. The second kappa shape index (κ2) is 7.88. The van der Waals surface area contributed by atoms with E-state index in [0.717, 1.165) is 5.56 Å². The minimum absolute atomic E-state index is 0.160. The number of carbonyl (C=O) groups is 1. The highest BCUT2D eigenvalue weighted by molar-refractivity contribution is 5.66. The van der Waals surface area contributed by atoms with Crippen LogP contribution in [-0.2, 0) is 16.0 Å². The van der Waals surface area contributed by atoms with Gasteiger partial charge in [-0.25, -0.2) is 0 Å². The molecule has 1 rings (SSSR count). The minimum Gasteiger partial charge on any atom is -0.459 e. The number of aliphatic hydroxyl groups is 4. The third-order valence-electron chi connectivity index (χ3n) is 3.87. The van der Waals surface area contributed by atoms with Crippen molar-refractivity contribution in [2.24, 2.45) is 0 Å². The monoisotopic (exact) mass is 326 g/mol. The van der Waals surface area contributed by atoms with Gasteiger partial charge in [0, 0.05) is 19.8 Å². The Morgan fingerprint density at radius 3 is 2.26 bits per heavy atom. The summed E-state index contributed by atoms with van der Waals surface area (Å²) in [5.74, 6) is -0.643. The number of rotatable bonds is 8. The van der Waals surface area contributed by atoms with Gasteiger partial charge < -0.3 is 25.2 Å². The zero-order valence-corrected chi connectivity index (χ0v) is 13.8. The van der Waals surface area contributed by atoms with Gasteiger partial charge in [0.05, 0.1) is 18.3 Å². The van der Waals surface area contributed by atoms with Crippen LogP contribution in [0.3, 0.4) is 0 Å². The summed E-state index contributed by atoms with van der Waals surface area (Å²) in [6.45, 7) is 3.33. The molecular formula is C17H26O6. The van der Waals surface area contributed by atoms with E-state index in [1.807, 2.05) is 30.3 Å². The van der Waals surface area contributed by atoms with Gasteiger partial charge in [0.2, 0.25) is 0 Å². The molecule has 0 aromatic heterocycles. The smallest absolute Gasteiger partial charge is 0.303 e. The van der Waals surface area contributed by atoms with Gasteiger partial charge in [-0.15, -0.1) is 0 Å². The molecule has 1 aromatic carbocycles. The van der Waals surface area contributed by atoms with Crippen LogP contribution in [0.5, 0.6) is 0 Å². The van der Waals surface area contributed by atoms with E-state index >= 15 is 0 Å². The molecule has 4 N–H and O–H groups in total. The molecule has 130 valence electrons. The van der Waals surface area contributed by atoms with Crippen molar-refractivity contribution in [2.45, 2.75) is 57.0 Å². The molecule has 23 heavy (non-hydrogen) atoms. The van der Waals surface area contributed by atoms with Gasteiger partial charge in [-0.3, -0.25) is 4.79 Å². The molecule has 4 atom stereocenters. The van der Waals surface area contributed by atoms with Crippen molar-refractivity contribution in [1.82, 2.24) is 0 Å². The summed E-state index contributed by atoms with van der Waals surface area (Å²) in [6, 6.07) is 9.09. The number of carbonyl (C=O) groups excluding carboxylic acids is 1. The van der Waals surface area contributed by atoms with Crippen molar-refractivity contribution in [3.05, 3.63) is 35.9 Å². The Labute approximate surface area is 136 Å². The number of hydrogen-bond donors (Lipinski definition) is 4. The molecule has 0 bridgehead atoms. The van der Waals surface area contributed by atoms with Crippen molar-refractivity contribution in [1.29, 1.82) is 0 Å². The van der Waals surface area contributed by atoms with Crippen LogP contribution in [0.25, 0.3) is 0 Å². The van der Waals surface area contributed by atoms with Gasteiger partial charge >= 0.3 is 5.97 Å². The molecular weight excluding hydrogens is 300 g/mol. The van der Waals surface area contributed by atoms with Crippen molar-refractivity contribution in [3.8, 4) is 0 Å². The van der Waals surface area contributed by atoms with Crippen LogP contribution >= 0.6 is 0 Å². The second-order valence-electron chi connectivity index (χ2n) is 6.39. The lowest BCUT2D eigenvalue weighted by Crippen LogP contribution is -2.55. The highest BCUT2D eigenvalue weighted by atomic mass is 16.6. The maximum absolute atomic E-state index is 11.3. The first kappa shape index (κ1) is 19.6. The molecule has 1 aromatic rings. The van der Waals surface area contributed by atoms with Gasteiger partial charge in [0.1, 0.15) is 11.7 Å². The summed E-state index contributed by atoms with van der Waals surface area (Å²) in [5, 5.41) is 40.3. The van der Waals surface area contributed by atoms with Crippen LogP contribution in [-0.4, -0.2) is 56.4 Å². The average Bonchev–Trinajstić information content (AvgIpc) is 2.46. The third kappa shape index (κ3) is 5.91. The quantitative estimate of drug-likeness (QED) is 0.515. The van der Waals surface area contributed by atoms with E-state index < -0.39 is 36.0 Å². The normalized spacial score (nSPS) is 19.3. The minimum atomic E-state index is -1.79. The Morgan fingerprint density at radius 1 is 1.22 bits per heavy atom. The maximum atomic E-state index is 11.3. The fraction of sp³-hybridized carbons (Fsp3) is 0.588. The van der Waals surface area contributed by atoms with Crippen LogP contribution < -0.4 is 0 Å². The largest absolute Gasteiger partial charge is 0.459 e. The zero-order valence-electron chi connectivity index (χ0n) is 13.8. The van der Waals surface area contributed by atoms with Gasteiger partial charge in [-0.1, -0.05) is 30.3 Å². The molecule has 0 heterocycles. The fourth-order valence-electron chi connectivity index (χ4n) is 2.29. The molecule has 0 aliphatic carbocycles. The average molecular weight is 326 g/mol.